The van der Waals surface area contributed by atoms with Crippen molar-refractivity contribution in [1.82, 2.24) is 4.98 Å². The van der Waals surface area contributed by atoms with Crippen molar-refractivity contribution in [3.05, 3.63) is 70.2 Å². The molecule has 0 saturated heterocycles. The van der Waals surface area contributed by atoms with Crippen LogP contribution in [0.3, 0.4) is 0 Å². The van der Waals surface area contributed by atoms with Gasteiger partial charge in [0, 0.05) is 21.0 Å². The molecule has 0 aliphatic heterocycles. The molecule has 26 heavy (non-hydrogen) atoms. The number of halogens is 4. The summed E-state index contributed by atoms with van der Waals surface area (Å²) >= 11 is 9.02. The number of hydrogen-bond acceptors (Lipinski definition) is 5. The maximum absolute atomic E-state index is 12.5. The van der Waals surface area contributed by atoms with Gasteiger partial charge in [-0.2, -0.15) is 18.3 Å². The van der Waals surface area contributed by atoms with Gasteiger partial charge in [0.05, 0.1) is 16.0 Å². The molecule has 3 aromatic rings. The molecular weight excluding hydrogens is 403 g/mol. The summed E-state index contributed by atoms with van der Waals surface area (Å²) in [6.45, 7) is 0. The van der Waals surface area contributed by atoms with Gasteiger partial charge < -0.3 is 0 Å². The van der Waals surface area contributed by atoms with Crippen LogP contribution in [-0.4, -0.2) is 11.2 Å². The van der Waals surface area contributed by atoms with Gasteiger partial charge in [0.25, 0.3) is 0 Å². The molecule has 0 amide bonds. The molecule has 0 fully saturated rings. The molecule has 3 nitrogen and oxygen atoms in total. The number of rotatable bonds is 5. The topological polar surface area (TPSA) is 37.3 Å². The normalized spacial score (nSPS) is 11.8. The third-order valence-electron chi connectivity index (χ3n) is 3.10. The van der Waals surface area contributed by atoms with E-state index in [1.807, 2.05) is 36.4 Å². The largest absolute Gasteiger partial charge is 0.417 e. The van der Waals surface area contributed by atoms with Crippen molar-refractivity contribution < 1.29 is 13.2 Å². The highest BCUT2D eigenvalue weighted by Crippen LogP contribution is 2.33. The van der Waals surface area contributed by atoms with Crippen LogP contribution in [0.4, 0.5) is 19.0 Å². The summed E-state index contributed by atoms with van der Waals surface area (Å²) in [5, 5.41) is 4.69. The lowest BCUT2D eigenvalue weighted by Crippen LogP contribution is -2.05. The molecule has 0 bridgehead atoms. The fourth-order valence-electron chi connectivity index (χ4n) is 1.87. The van der Waals surface area contributed by atoms with E-state index in [9.17, 15) is 13.2 Å². The first kappa shape index (κ1) is 18.8. The molecule has 0 radical (unpaired) electrons. The molecule has 2 aromatic heterocycles. The summed E-state index contributed by atoms with van der Waals surface area (Å²) in [5.74, 6) is 0.238. The Morgan fingerprint density at radius 3 is 2.50 bits per heavy atom. The van der Waals surface area contributed by atoms with Gasteiger partial charge in [-0.3, -0.25) is 5.43 Å². The Morgan fingerprint density at radius 1 is 1.08 bits per heavy atom. The van der Waals surface area contributed by atoms with Gasteiger partial charge >= 0.3 is 6.18 Å². The third-order valence-corrected chi connectivity index (χ3v) is 5.51. The first-order chi connectivity index (χ1) is 12.4. The molecular formula is C17H11ClF3N3S2. The van der Waals surface area contributed by atoms with Crippen molar-refractivity contribution in [2.45, 2.75) is 15.3 Å². The zero-order valence-electron chi connectivity index (χ0n) is 13.0. The lowest BCUT2D eigenvalue weighted by molar-refractivity contribution is -0.137. The molecule has 9 heteroatoms. The van der Waals surface area contributed by atoms with Crippen molar-refractivity contribution in [3.8, 4) is 0 Å². The molecule has 0 aliphatic carbocycles. The SMILES string of the molecule is FC(F)(F)c1ccc(N/N=C/c2ccc(Sc3ccc(Cl)cc3)s2)nc1. The number of anilines is 1. The van der Waals surface area contributed by atoms with Gasteiger partial charge in [0.15, 0.2) is 0 Å². The van der Waals surface area contributed by atoms with E-state index in [1.54, 1.807) is 29.3 Å². The highest BCUT2D eigenvalue weighted by atomic mass is 35.5. The van der Waals surface area contributed by atoms with E-state index in [2.05, 4.69) is 15.5 Å². The zero-order valence-corrected chi connectivity index (χ0v) is 15.4. The molecule has 1 aromatic carbocycles. The van der Waals surface area contributed by atoms with Gasteiger partial charge in [-0.15, -0.1) is 11.3 Å². The number of hydrazone groups is 1. The van der Waals surface area contributed by atoms with Crippen LogP contribution < -0.4 is 5.43 Å². The van der Waals surface area contributed by atoms with E-state index < -0.39 is 11.7 Å². The monoisotopic (exact) mass is 413 g/mol. The average Bonchev–Trinajstić information content (AvgIpc) is 3.04. The smallest absolute Gasteiger partial charge is 0.261 e. The number of aromatic nitrogens is 1. The zero-order chi connectivity index (χ0) is 18.6. The number of nitrogens with zero attached hydrogens (tertiary/aromatic N) is 2. The maximum atomic E-state index is 12.5. The van der Waals surface area contributed by atoms with Crippen molar-refractivity contribution in [3.63, 3.8) is 0 Å². The summed E-state index contributed by atoms with van der Waals surface area (Å²) in [7, 11) is 0. The molecule has 0 atom stereocenters. The van der Waals surface area contributed by atoms with Crippen LogP contribution in [0, 0.1) is 0 Å². The maximum Gasteiger partial charge on any atom is 0.417 e. The van der Waals surface area contributed by atoms with Crippen LogP contribution >= 0.6 is 34.7 Å². The Bertz CT molecular complexity index is 891. The van der Waals surface area contributed by atoms with Crippen LogP contribution in [0.1, 0.15) is 10.4 Å². The summed E-state index contributed by atoms with van der Waals surface area (Å²) in [6, 6.07) is 13.6. The van der Waals surface area contributed by atoms with Crippen molar-refractivity contribution in [2.24, 2.45) is 5.10 Å². The van der Waals surface area contributed by atoms with Crippen molar-refractivity contribution in [1.29, 1.82) is 0 Å². The molecule has 1 N–H and O–H groups in total. The summed E-state index contributed by atoms with van der Waals surface area (Å²) in [6.07, 6.45) is -2.04. The van der Waals surface area contributed by atoms with E-state index in [0.717, 1.165) is 26.2 Å². The molecule has 134 valence electrons. The highest BCUT2D eigenvalue weighted by molar-refractivity contribution is 8.01. The highest BCUT2D eigenvalue weighted by Gasteiger charge is 2.30. The van der Waals surface area contributed by atoms with Crippen LogP contribution in [0.5, 0.6) is 0 Å². The van der Waals surface area contributed by atoms with E-state index in [-0.39, 0.29) is 5.82 Å². The second kappa shape index (κ2) is 8.11. The fraction of sp³-hybridized carbons (Fsp3) is 0.0588. The Hall–Kier alpha value is -2.03. The predicted octanol–water partition coefficient (Wildman–Crippen LogP) is 6.41. The molecule has 0 aliphatic rings. The lowest BCUT2D eigenvalue weighted by Gasteiger charge is -2.06. The van der Waals surface area contributed by atoms with Gasteiger partial charge in [-0.25, -0.2) is 4.98 Å². The average molecular weight is 414 g/mol. The van der Waals surface area contributed by atoms with Gasteiger partial charge in [-0.05, 0) is 48.5 Å². The number of pyridine rings is 1. The number of thiophene rings is 1. The number of nitrogens with one attached hydrogen (secondary N) is 1. The van der Waals surface area contributed by atoms with Crippen LogP contribution in [-0.2, 0) is 6.18 Å². The van der Waals surface area contributed by atoms with Crippen molar-refractivity contribution >= 4 is 46.7 Å². The molecule has 0 unspecified atom stereocenters. The molecule has 2 heterocycles. The standard InChI is InChI=1S/C17H11ClF3N3S2/c18-12-2-4-13(5-3-12)25-16-8-6-14(26-16)10-23-24-15-7-1-11(9-22-15)17(19,20)21/h1-10H,(H,22,24)/b23-10+. The van der Waals surface area contributed by atoms with Gasteiger partial charge in [-0.1, -0.05) is 23.4 Å². The minimum Gasteiger partial charge on any atom is -0.261 e. The Morgan fingerprint density at radius 2 is 1.85 bits per heavy atom. The first-order valence-electron chi connectivity index (χ1n) is 7.26. The fourth-order valence-corrected chi connectivity index (χ4v) is 3.99. The van der Waals surface area contributed by atoms with E-state index >= 15 is 0 Å². The summed E-state index contributed by atoms with van der Waals surface area (Å²) in [5.41, 5.74) is 1.82. The van der Waals surface area contributed by atoms with Crippen LogP contribution in [0.15, 0.2) is 68.9 Å². The minimum atomic E-state index is -4.40. The van der Waals surface area contributed by atoms with Gasteiger partial charge in [0.2, 0.25) is 0 Å². The van der Waals surface area contributed by atoms with E-state index in [0.29, 0.717) is 5.02 Å². The van der Waals surface area contributed by atoms with Crippen molar-refractivity contribution in [2.75, 3.05) is 5.43 Å². The summed E-state index contributed by atoms with van der Waals surface area (Å²) in [4.78, 5) is 5.67. The number of benzene rings is 1. The predicted molar refractivity (Wildman–Crippen MR) is 100 cm³/mol. The first-order valence-corrected chi connectivity index (χ1v) is 9.27. The van der Waals surface area contributed by atoms with Crippen LogP contribution in [0.2, 0.25) is 5.02 Å². The quantitative estimate of drug-likeness (QED) is 0.387. The minimum absolute atomic E-state index is 0.238. The third kappa shape index (κ3) is 5.23. The van der Waals surface area contributed by atoms with E-state index in [1.165, 1.54) is 6.07 Å². The Kier molecular flexibility index (Phi) is 5.85. The Balaban J connectivity index is 1.57. The number of alkyl halides is 3. The second-order valence-corrected chi connectivity index (χ2v) is 7.94. The number of hydrogen-bond donors (Lipinski definition) is 1. The Labute approximate surface area is 160 Å². The lowest BCUT2D eigenvalue weighted by atomic mass is 10.3. The van der Waals surface area contributed by atoms with Crippen LogP contribution in [0.25, 0.3) is 0 Å². The van der Waals surface area contributed by atoms with Gasteiger partial charge in [0.1, 0.15) is 5.82 Å². The molecule has 0 spiro atoms. The summed E-state index contributed by atoms with van der Waals surface area (Å²) < 4.78 is 38.5. The molecule has 3 rings (SSSR count). The van der Waals surface area contributed by atoms with E-state index in [4.69, 9.17) is 11.6 Å². The second-order valence-electron chi connectivity index (χ2n) is 5.01. The molecule has 0 saturated carbocycles.